The highest BCUT2D eigenvalue weighted by Crippen LogP contribution is 2.26. The maximum absolute atomic E-state index is 5.38. The van der Waals surface area contributed by atoms with Crippen molar-refractivity contribution in [2.24, 2.45) is 0 Å². The molecule has 22 heavy (non-hydrogen) atoms. The lowest BCUT2D eigenvalue weighted by molar-refractivity contribution is 0.360. The third kappa shape index (κ3) is 2.47. The fraction of sp³-hybridized carbons (Fsp3) is 0.312. The molecule has 3 aromatic rings. The second-order valence-electron chi connectivity index (χ2n) is 5.47. The van der Waals surface area contributed by atoms with Crippen LogP contribution in [0.3, 0.4) is 0 Å². The summed E-state index contributed by atoms with van der Waals surface area (Å²) in [4.78, 5) is 6.69. The average molecular weight is 295 g/mol. The van der Waals surface area contributed by atoms with E-state index in [2.05, 4.69) is 20.1 Å². The van der Waals surface area contributed by atoms with Crippen molar-refractivity contribution in [1.82, 2.24) is 19.9 Å². The molecule has 0 unspecified atom stereocenters. The van der Waals surface area contributed by atoms with E-state index in [-0.39, 0.29) is 0 Å². The summed E-state index contributed by atoms with van der Waals surface area (Å²) in [5, 5.41) is 8.45. The van der Waals surface area contributed by atoms with Crippen molar-refractivity contribution in [3.05, 3.63) is 48.8 Å². The van der Waals surface area contributed by atoms with Gasteiger partial charge in [-0.3, -0.25) is 4.68 Å². The van der Waals surface area contributed by atoms with Gasteiger partial charge in [0, 0.05) is 31.0 Å². The molecule has 0 N–H and O–H groups in total. The van der Waals surface area contributed by atoms with Crippen LogP contribution in [0.1, 0.15) is 18.9 Å². The molecule has 0 aliphatic carbocycles. The van der Waals surface area contributed by atoms with Crippen molar-refractivity contribution >= 4 is 5.95 Å². The SMILES string of the molecule is c1ccc(-c2nc(N3CCC(n4cccn4)CC3)no2)cc1. The van der Waals surface area contributed by atoms with Gasteiger partial charge in [-0.25, -0.2) is 0 Å². The summed E-state index contributed by atoms with van der Waals surface area (Å²) in [6.07, 6.45) is 5.94. The van der Waals surface area contributed by atoms with E-state index in [4.69, 9.17) is 4.52 Å². The Morgan fingerprint density at radius 2 is 1.86 bits per heavy atom. The van der Waals surface area contributed by atoms with Gasteiger partial charge in [-0.1, -0.05) is 18.2 Å². The summed E-state index contributed by atoms with van der Waals surface area (Å²) in [7, 11) is 0. The molecule has 0 atom stereocenters. The van der Waals surface area contributed by atoms with Gasteiger partial charge in [0.05, 0.1) is 6.04 Å². The van der Waals surface area contributed by atoms with E-state index >= 15 is 0 Å². The molecule has 0 radical (unpaired) electrons. The van der Waals surface area contributed by atoms with Gasteiger partial charge in [0.2, 0.25) is 0 Å². The van der Waals surface area contributed by atoms with E-state index in [1.54, 1.807) is 0 Å². The Morgan fingerprint density at radius 3 is 2.59 bits per heavy atom. The van der Waals surface area contributed by atoms with Crippen molar-refractivity contribution in [2.75, 3.05) is 18.0 Å². The summed E-state index contributed by atoms with van der Waals surface area (Å²) in [6, 6.07) is 12.3. The topological polar surface area (TPSA) is 60.0 Å². The van der Waals surface area contributed by atoms with Crippen LogP contribution in [0.2, 0.25) is 0 Å². The van der Waals surface area contributed by atoms with Crippen LogP contribution in [0.15, 0.2) is 53.3 Å². The molecule has 6 heteroatoms. The zero-order chi connectivity index (χ0) is 14.8. The first-order valence-electron chi connectivity index (χ1n) is 7.53. The van der Waals surface area contributed by atoms with Crippen molar-refractivity contribution < 1.29 is 4.52 Å². The second-order valence-corrected chi connectivity index (χ2v) is 5.47. The molecule has 0 bridgehead atoms. The van der Waals surface area contributed by atoms with E-state index in [1.165, 1.54) is 0 Å². The number of piperidine rings is 1. The van der Waals surface area contributed by atoms with E-state index in [0.717, 1.165) is 31.5 Å². The van der Waals surface area contributed by atoms with Crippen LogP contribution in [0.25, 0.3) is 11.5 Å². The molecule has 6 nitrogen and oxygen atoms in total. The standard InChI is InChI=1S/C16H17N5O/c1-2-5-13(6-3-1)15-18-16(19-22-15)20-11-7-14(8-12-20)21-10-4-9-17-21/h1-6,9-10,14H,7-8,11-12H2. The van der Waals surface area contributed by atoms with Crippen LogP contribution >= 0.6 is 0 Å². The van der Waals surface area contributed by atoms with Gasteiger partial charge in [-0.05, 0) is 36.2 Å². The van der Waals surface area contributed by atoms with Gasteiger partial charge in [0.25, 0.3) is 11.8 Å². The average Bonchev–Trinajstić information content (AvgIpc) is 3.28. The molecule has 0 amide bonds. The van der Waals surface area contributed by atoms with Crippen LogP contribution in [0.5, 0.6) is 0 Å². The molecule has 2 aromatic heterocycles. The largest absolute Gasteiger partial charge is 0.338 e. The number of anilines is 1. The van der Waals surface area contributed by atoms with Gasteiger partial charge < -0.3 is 9.42 Å². The first-order valence-corrected chi connectivity index (χ1v) is 7.53. The molecule has 0 spiro atoms. The zero-order valence-corrected chi connectivity index (χ0v) is 12.2. The van der Waals surface area contributed by atoms with Crippen LogP contribution in [-0.2, 0) is 0 Å². The van der Waals surface area contributed by atoms with Crippen LogP contribution in [-0.4, -0.2) is 33.0 Å². The number of hydrogen-bond acceptors (Lipinski definition) is 5. The van der Waals surface area contributed by atoms with E-state index in [1.807, 2.05) is 53.5 Å². The molecule has 4 rings (SSSR count). The molecule has 1 aliphatic heterocycles. The molecule has 112 valence electrons. The molecular formula is C16H17N5O. The first-order chi connectivity index (χ1) is 10.9. The Kier molecular flexibility index (Phi) is 3.34. The zero-order valence-electron chi connectivity index (χ0n) is 12.2. The summed E-state index contributed by atoms with van der Waals surface area (Å²) >= 11 is 0. The van der Waals surface area contributed by atoms with Crippen molar-refractivity contribution in [3.8, 4) is 11.5 Å². The summed E-state index contributed by atoms with van der Waals surface area (Å²) in [5.74, 6) is 1.25. The molecule has 1 aromatic carbocycles. The Morgan fingerprint density at radius 1 is 1.05 bits per heavy atom. The van der Waals surface area contributed by atoms with Gasteiger partial charge >= 0.3 is 0 Å². The molecule has 1 aliphatic rings. The number of rotatable bonds is 3. The predicted octanol–water partition coefficient (Wildman–Crippen LogP) is 2.77. The lowest BCUT2D eigenvalue weighted by Crippen LogP contribution is -2.35. The molecular weight excluding hydrogens is 278 g/mol. The lowest BCUT2D eigenvalue weighted by atomic mass is 10.1. The van der Waals surface area contributed by atoms with E-state index in [0.29, 0.717) is 17.9 Å². The third-order valence-electron chi connectivity index (χ3n) is 4.08. The van der Waals surface area contributed by atoms with Gasteiger partial charge in [-0.15, -0.1) is 0 Å². The number of hydrogen-bond donors (Lipinski definition) is 0. The smallest absolute Gasteiger partial charge is 0.266 e. The van der Waals surface area contributed by atoms with E-state index in [9.17, 15) is 0 Å². The van der Waals surface area contributed by atoms with Crippen LogP contribution in [0.4, 0.5) is 5.95 Å². The Hall–Kier alpha value is -2.63. The highest BCUT2D eigenvalue weighted by atomic mass is 16.5. The van der Waals surface area contributed by atoms with E-state index < -0.39 is 0 Å². The normalized spacial score (nSPS) is 16.1. The van der Waals surface area contributed by atoms with Gasteiger partial charge in [-0.2, -0.15) is 10.1 Å². The number of nitrogens with zero attached hydrogens (tertiary/aromatic N) is 5. The highest BCUT2D eigenvalue weighted by molar-refractivity contribution is 5.54. The maximum Gasteiger partial charge on any atom is 0.266 e. The Bertz CT molecular complexity index is 714. The fourth-order valence-corrected chi connectivity index (χ4v) is 2.87. The third-order valence-corrected chi connectivity index (χ3v) is 4.08. The first kappa shape index (κ1) is 13.1. The minimum absolute atomic E-state index is 0.465. The van der Waals surface area contributed by atoms with Crippen LogP contribution < -0.4 is 4.90 Å². The van der Waals surface area contributed by atoms with Crippen molar-refractivity contribution in [1.29, 1.82) is 0 Å². The number of aromatic nitrogens is 4. The molecule has 1 saturated heterocycles. The fourth-order valence-electron chi connectivity index (χ4n) is 2.87. The van der Waals surface area contributed by atoms with Gasteiger partial charge in [0.1, 0.15) is 0 Å². The monoisotopic (exact) mass is 295 g/mol. The molecule has 3 heterocycles. The minimum Gasteiger partial charge on any atom is -0.338 e. The summed E-state index contributed by atoms with van der Waals surface area (Å²) in [5.41, 5.74) is 0.952. The van der Waals surface area contributed by atoms with Crippen molar-refractivity contribution in [3.63, 3.8) is 0 Å². The Labute approximate surface area is 128 Å². The maximum atomic E-state index is 5.38. The summed E-state index contributed by atoms with van der Waals surface area (Å²) < 4.78 is 7.43. The van der Waals surface area contributed by atoms with Gasteiger partial charge in [0.15, 0.2) is 0 Å². The second kappa shape index (κ2) is 5.63. The quantitative estimate of drug-likeness (QED) is 0.743. The lowest BCUT2D eigenvalue weighted by Gasteiger charge is -2.30. The van der Waals surface area contributed by atoms with Crippen molar-refractivity contribution in [2.45, 2.75) is 18.9 Å². The minimum atomic E-state index is 0.465. The molecule has 1 fully saturated rings. The summed E-state index contributed by atoms with van der Waals surface area (Å²) in [6.45, 7) is 1.83. The number of benzene rings is 1. The van der Waals surface area contributed by atoms with Crippen LogP contribution in [0, 0.1) is 0 Å². The Balaban J connectivity index is 1.45. The predicted molar refractivity (Wildman–Crippen MR) is 82.4 cm³/mol. The highest BCUT2D eigenvalue weighted by Gasteiger charge is 2.24. The molecule has 0 saturated carbocycles.